The Morgan fingerprint density at radius 1 is 1.21 bits per heavy atom. The molecule has 0 atom stereocenters. The number of hydrogen-bond acceptors (Lipinski definition) is 5. The fourth-order valence-corrected chi connectivity index (χ4v) is 4.23. The third kappa shape index (κ3) is 3.50. The van der Waals surface area contributed by atoms with E-state index < -0.39 is 21.7 Å². The van der Waals surface area contributed by atoms with E-state index in [-0.39, 0.29) is 28.4 Å². The summed E-state index contributed by atoms with van der Waals surface area (Å²) in [6.45, 7) is 2.02. The van der Waals surface area contributed by atoms with Gasteiger partial charge in [-0.15, -0.1) is 0 Å². The van der Waals surface area contributed by atoms with E-state index in [1.165, 1.54) is 31.6 Å². The van der Waals surface area contributed by atoms with Gasteiger partial charge in [0, 0.05) is 41.8 Å². The number of nitrogens with zero attached hydrogens (tertiary/aromatic N) is 2. The van der Waals surface area contributed by atoms with Gasteiger partial charge in [0.15, 0.2) is 0 Å². The molecule has 3 rings (SSSR count). The Bertz CT molecular complexity index is 1110. The van der Waals surface area contributed by atoms with Gasteiger partial charge in [-0.1, -0.05) is 0 Å². The minimum Gasteiger partial charge on any atom is -0.494 e. The summed E-state index contributed by atoms with van der Waals surface area (Å²) < 4.78 is 60.8. The van der Waals surface area contributed by atoms with Crippen LogP contribution in [0.5, 0.6) is 5.75 Å². The Hall–Kier alpha value is -2.78. The van der Waals surface area contributed by atoms with Crippen molar-refractivity contribution in [1.29, 1.82) is 0 Å². The molecule has 0 fully saturated rings. The number of methoxy groups -OCH3 is 1. The highest BCUT2D eigenvalue weighted by molar-refractivity contribution is 7.90. The molecule has 0 radical (unpaired) electrons. The Morgan fingerprint density at radius 3 is 2.54 bits per heavy atom. The van der Waals surface area contributed by atoms with E-state index in [0.29, 0.717) is 17.3 Å². The number of pyridine rings is 1. The van der Waals surface area contributed by atoms with Gasteiger partial charge in [-0.25, -0.2) is 21.2 Å². The first-order chi connectivity index (χ1) is 13.3. The lowest BCUT2D eigenvalue weighted by Crippen LogP contribution is -2.14. The van der Waals surface area contributed by atoms with Crippen molar-refractivity contribution in [2.24, 2.45) is 0 Å². The molecule has 0 bridgehead atoms. The minimum absolute atomic E-state index is 0.0224. The van der Waals surface area contributed by atoms with E-state index in [2.05, 4.69) is 10.3 Å². The Kier molecular flexibility index (Phi) is 5.48. The fourth-order valence-electron chi connectivity index (χ4n) is 2.89. The molecule has 0 aliphatic carbocycles. The largest absolute Gasteiger partial charge is 0.494 e. The summed E-state index contributed by atoms with van der Waals surface area (Å²) in [6, 6.07) is 5.94. The predicted octanol–water partition coefficient (Wildman–Crippen LogP) is 3.10. The number of aromatic nitrogens is 2. The van der Waals surface area contributed by atoms with Gasteiger partial charge in [-0.2, -0.15) is 0 Å². The van der Waals surface area contributed by atoms with Crippen molar-refractivity contribution in [1.82, 2.24) is 14.3 Å². The molecule has 0 aliphatic rings. The summed E-state index contributed by atoms with van der Waals surface area (Å²) in [7, 11) is -1.05. The maximum atomic E-state index is 14.5. The van der Waals surface area contributed by atoms with E-state index in [0.717, 1.165) is 10.0 Å². The minimum atomic E-state index is -4.11. The molecular formula is C19H19F2N3O3S. The van der Waals surface area contributed by atoms with Crippen LogP contribution in [0, 0.1) is 18.6 Å². The van der Waals surface area contributed by atoms with Gasteiger partial charge in [0.1, 0.15) is 28.0 Å². The first-order valence-electron chi connectivity index (χ1n) is 8.36. The topological polar surface area (TPSA) is 73.2 Å². The normalized spacial score (nSPS) is 11.6. The van der Waals surface area contributed by atoms with Crippen LogP contribution in [0.25, 0.3) is 11.3 Å². The fraction of sp³-hybridized carbons (Fsp3) is 0.211. The molecule has 9 heteroatoms. The molecule has 2 aromatic heterocycles. The molecule has 0 aliphatic heterocycles. The molecule has 2 heterocycles. The molecule has 0 spiro atoms. The van der Waals surface area contributed by atoms with Crippen LogP contribution in [0.4, 0.5) is 8.78 Å². The van der Waals surface area contributed by atoms with Crippen LogP contribution in [0.2, 0.25) is 0 Å². The highest BCUT2D eigenvalue weighted by Crippen LogP contribution is 2.38. The van der Waals surface area contributed by atoms with Gasteiger partial charge in [0.05, 0.1) is 7.11 Å². The molecule has 1 aromatic carbocycles. The molecule has 3 aromatic rings. The third-order valence-corrected chi connectivity index (χ3v) is 5.84. The maximum absolute atomic E-state index is 14.5. The molecule has 0 unspecified atom stereocenters. The molecule has 0 saturated heterocycles. The maximum Gasteiger partial charge on any atom is 0.269 e. The lowest BCUT2D eigenvalue weighted by atomic mass is 10.1. The quantitative estimate of drug-likeness (QED) is 0.680. The van der Waals surface area contributed by atoms with E-state index >= 15 is 0 Å². The van der Waals surface area contributed by atoms with Crippen LogP contribution < -0.4 is 10.1 Å². The number of hydrogen-bond donors (Lipinski definition) is 1. The van der Waals surface area contributed by atoms with Gasteiger partial charge in [0.2, 0.25) is 0 Å². The van der Waals surface area contributed by atoms with Crippen LogP contribution in [0.15, 0.2) is 47.6 Å². The lowest BCUT2D eigenvalue weighted by molar-refractivity contribution is 0.411. The Balaban J connectivity index is 2.32. The highest BCUT2D eigenvalue weighted by Gasteiger charge is 2.28. The molecule has 28 heavy (non-hydrogen) atoms. The van der Waals surface area contributed by atoms with Crippen LogP contribution >= 0.6 is 0 Å². The van der Waals surface area contributed by atoms with Crippen LogP contribution in [0.3, 0.4) is 0 Å². The van der Waals surface area contributed by atoms with Gasteiger partial charge in [0.25, 0.3) is 10.0 Å². The Labute approximate surface area is 161 Å². The SMILES string of the molecule is CNCc1cn(S(=O)(=O)c2ccc(C)nc2)c(-c2ccc(F)cc2F)c1OC. The lowest BCUT2D eigenvalue weighted by Gasteiger charge is -2.13. The second-order valence-corrected chi connectivity index (χ2v) is 7.94. The molecular weight excluding hydrogens is 388 g/mol. The van der Waals surface area contributed by atoms with Crippen molar-refractivity contribution in [3.8, 4) is 17.0 Å². The van der Waals surface area contributed by atoms with E-state index in [4.69, 9.17) is 4.74 Å². The number of halogens is 2. The van der Waals surface area contributed by atoms with Crippen molar-refractivity contribution < 1.29 is 21.9 Å². The monoisotopic (exact) mass is 407 g/mol. The number of aryl methyl sites for hydroxylation is 1. The summed E-state index contributed by atoms with van der Waals surface area (Å²) in [4.78, 5) is 3.97. The number of rotatable bonds is 6. The van der Waals surface area contributed by atoms with Crippen molar-refractivity contribution in [3.63, 3.8) is 0 Å². The molecule has 148 valence electrons. The highest BCUT2D eigenvalue weighted by atomic mass is 32.2. The first-order valence-corrected chi connectivity index (χ1v) is 9.80. The van der Waals surface area contributed by atoms with Gasteiger partial charge in [-0.05, 0) is 38.2 Å². The van der Waals surface area contributed by atoms with Crippen LogP contribution in [-0.2, 0) is 16.6 Å². The average Bonchev–Trinajstić information content (AvgIpc) is 3.01. The summed E-state index contributed by atoms with van der Waals surface area (Å²) in [5.74, 6) is -1.48. The zero-order chi connectivity index (χ0) is 20.5. The van der Waals surface area contributed by atoms with Crippen molar-refractivity contribution in [2.45, 2.75) is 18.4 Å². The van der Waals surface area contributed by atoms with Crippen LogP contribution in [0.1, 0.15) is 11.3 Å². The summed E-state index contributed by atoms with van der Waals surface area (Å²) in [6.07, 6.45) is 2.60. The smallest absolute Gasteiger partial charge is 0.269 e. The second-order valence-electron chi connectivity index (χ2n) is 6.13. The molecule has 0 amide bonds. The van der Waals surface area contributed by atoms with Crippen molar-refractivity contribution >= 4 is 10.0 Å². The summed E-state index contributed by atoms with van der Waals surface area (Å²) >= 11 is 0. The molecule has 0 saturated carbocycles. The van der Waals surface area contributed by atoms with Crippen molar-refractivity contribution in [2.75, 3.05) is 14.2 Å². The summed E-state index contributed by atoms with van der Waals surface area (Å²) in [5.41, 5.74) is 1.05. The van der Waals surface area contributed by atoms with Gasteiger partial charge < -0.3 is 10.1 Å². The third-order valence-electron chi connectivity index (χ3n) is 4.20. The van der Waals surface area contributed by atoms with E-state index in [9.17, 15) is 17.2 Å². The number of benzene rings is 1. The average molecular weight is 407 g/mol. The standard InChI is InChI=1S/C19H19F2N3O3S/c1-12-4-6-15(10-23-12)28(25,26)24-11-13(9-22-2)19(27-3)18(24)16-7-5-14(20)8-17(16)21/h4-8,10-11,22H,9H2,1-3H3. The number of nitrogens with one attached hydrogen (secondary N) is 1. The van der Waals surface area contributed by atoms with Gasteiger partial charge >= 0.3 is 0 Å². The van der Waals surface area contributed by atoms with Gasteiger partial charge in [-0.3, -0.25) is 4.98 Å². The van der Waals surface area contributed by atoms with E-state index in [1.54, 1.807) is 20.0 Å². The summed E-state index contributed by atoms with van der Waals surface area (Å²) in [5, 5.41) is 2.92. The molecule has 6 nitrogen and oxygen atoms in total. The first kappa shape index (κ1) is 20.0. The molecule has 1 N–H and O–H groups in total. The zero-order valence-corrected chi connectivity index (χ0v) is 16.3. The number of ether oxygens (including phenoxy) is 1. The van der Waals surface area contributed by atoms with E-state index in [1.807, 2.05) is 0 Å². The van der Waals surface area contributed by atoms with Crippen molar-refractivity contribution in [3.05, 3.63) is 65.6 Å². The predicted molar refractivity (Wildman–Crippen MR) is 101 cm³/mol. The second kappa shape index (κ2) is 7.69. The zero-order valence-electron chi connectivity index (χ0n) is 15.5. The Morgan fingerprint density at radius 2 is 1.96 bits per heavy atom. The van der Waals surface area contributed by atoms with Crippen LogP contribution in [-0.4, -0.2) is 31.5 Å².